The average Bonchev–Trinajstić information content (AvgIpc) is 3.04. The second kappa shape index (κ2) is 10.5. The molecule has 3 aromatic rings. The topological polar surface area (TPSA) is 78.4 Å². The average molecular weight is 454 g/mol. The third-order valence-electron chi connectivity index (χ3n) is 5.21. The third kappa shape index (κ3) is 6.02. The number of nitrogens with zero attached hydrogens (tertiary/aromatic N) is 4. The third-order valence-corrected chi connectivity index (χ3v) is 6.09. The van der Waals surface area contributed by atoms with Crippen LogP contribution in [-0.2, 0) is 9.59 Å². The predicted molar refractivity (Wildman–Crippen MR) is 123 cm³/mol. The van der Waals surface area contributed by atoms with Crippen LogP contribution in [0.4, 0.5) is 10.1 Å². The summed E-state index contributed by atoms with van der Waals surface area (Å²) in [5.74, 6) is -0.131. The van der Waals surface area contributed by atoms with Gasteiger partial charge < -0.3 is 10.2 Å². The molecule has 2 amide bonds. The summed E-state index contributed by atoms with van der Waals surface area (Å²) >= 11 is 1.39. The Morgan fingerprint density at radius 3 is 2.59 bits per heavy atom. The first kappa shape index (κ1) is 22.2. The van der Waals surface area contributed by atoms with Crippen LogP contribution in [0.1, 0.15) is 6.42 Å². The van der Waals surface area contributed by atoms with Crippen molar-refractivity contribution in [3.8, 4) is 0 Å². The molecule has 0 unspecified atom stereocenters. The molecular weight excluding hydrogens is 429 g/mol. The molecule has 2 heterocycles. The zero-order chi connectivity index (χ0) is 22.3. The van der Waals surface area contributed by atoms with Gasteiger partial charge in [0.25, 0.3) is 0 Å². The Kier molecular flexibility index (Phi) is 7.28. The monoisotopic (exact) mass is 453 g/mol. The van der Waals surface area contributed by atoms with E-state index >= 15 is 0 Å². The van der Waals surface area contributed by atoms with Crippen molar-refractivity contribution in [1.82, 2.24) is 19.8 Å². The van der Waals surface area contributed by atoms with E-state index in [0.29, 0.717) is 31.1 Å². The number of carbonyl (C=O) groups is 2. The number of rotatable bonds is 6. The summed E-state index contributed by atoms with van der Waals surface area (Å²) in [6.07, 6.45) is 2.50. The van der Waals surface area contributed by atoms with E-state index in [9.17, 15) is 14.0 Å². The molecular formula is C23H24FN5O2S. The van der Waals surface area contributed by atoms with Gasteiger partial charge in [0.05, 0.1) is 29.5 Å². The molecule has 0 atom stereocenters. The molecule has 0 bridgehead atoms. The normalized spacial score (nSPS) is 14.8. The van der Waals surface area contributed by atoms with Gasteiger partial charge in [-0.1, -0.05) is 23.9 Å². The van der Waals surface area contributed by atoms with Gasteiger partial charge >= 0.3 is 0 Å². The van der Waals surface area contributed by atoms with Crippen LogP contribution in [0, 0.1) is 5.82 Å². The van der Waals surface area contributed by atoms with Crippen LogP contribution in [0.5, 0.6) is 0 Å². The van der Waals surface area contributed by atoms with Crippen LogP contribution in [-0.4, -0.2) is 70.1 Å². The van der Waals surface area contributed by atoms with Crippen LogP contribution < -0.4 is 5.32 Å². The lowest BCUT2D eigenvalue weighted by Crippen LogP contribution is -2.38. The molecule has 1 aliphatic rings. The summed E-state index contributed by atoms with van der Waals surface area (Å²) in [6.45, 7) is 2.85. The Hall–Kier alpha value is -3.04. The minimum atomic E-state index is -0.342. The largest absolute Gasteiger partial charge is 0.341 e. The first-order valence-electron chi connectivity index (χ1n) is 10.5. The molecule has 4 rings (SSSR count). The molecule has 1 fully saturated rings. The van der Waals surface area contributed by atoms with Crippen molar-refractivity contribution in [2.45, 2.75) is 11.4 Å². The van der Waals surface area contributed by atoms with Crippen molar-refractivity contribution in [2.75, 3.05) is 43.8 Å². The molecule has 1 aliphatic heterocycles. The number of hydrogen-bond acceptors (Lipinski definition) is 6. The van der Waals surface area contributed by atoms with Crippen molar-refractivity contribution in [1.29, 1.82) is 0 Å². The van der Waals surface area contributed by atoms with Gasteiger partial charge in [-0.15, -0.1) is 0 Å². The van der Waals surface area contributed by atoms with Gasteiger partial charge in [0.15, 0.2) is 0 Å². The van der Waals surface area contributed by atoms with Gasteiger partial charge in [-0.05, 0) is 42.8 Å². The lowest BCUT2D eigenvalue weighted by atomic mass is 10.3. The lowest BCUT2D eigenvalue weighted by molar-refractivity contribution is -0.128. The molecule has 2 aromatic carbocycles. The van der Waals surface area contributed by atoms with Crippen LogP contribution >= 0.6 is 11.8 Å². The van der Waals surface area contributed by atoms with Gasteiger partial charge in [-0.25, -0.2) is 9.37 Å². The molecule has 0 saturated carbocycles. The molecule has 166 valence electrons. The molecule has 9 heteroatoms. The summed E-state index contributed by atoms with van der Waals surface area (Å²) in [6, 6.07) is 13.3. The molecule has 0 aliphatic carbocycles. The Balaban J connectivity index is 1.24. The summed E-state index contributed by atoms with van der Waals surface area (Å²) < 4.78 is 13.0. The molecule has 7 nitrogen and oxygen atoms in total. The quantitative estimate of drug-likeness (QED) is 0.578. The number of thioether (sulfide) groups is 1. The number of nitrogens with one attached hydrogen (secondary N) is 1. The maximum Gasteiger partial charge on any atom is 0.238 e. The van der Waals surface area contributed by atoms with Crippen molar-refractivity contribution < 1.29 is 14.0 Å². The highest BCUT2D eigenvalue weighted by Crippen LogP contribution is 2.19. The van der Waals surface area contributed by atoms with E-state index in [4.69, 9.17) is 0 Å². The Morgan fingerprint density at radius 2 is 1.78 bits per heavy atom. The lowest BCUT2D eigenvalue weighted by Gasteiger charge is -2.21. The van der Waals surface area contributed by atoms with E-state index in [1.165, 1.54) is 36.0 Å². The maximum absolute atomic E-state index is 13.0. The fourth-order valence-corrected chi connectivity index (χ4v) is 4.30. The van der Waals surface area contributed by atoms with E-state index in [-0.39, 0.29) is 24.2 Å². The first-order chi connectivity index (χ1) is 15.6. The molecule has 1 N–H and O–H groups in total. The van der Waals surface area contributed by atoms with Crippen LogP contribution in [0.25, 0.3) is 11.0 Å². The number of amides is 2. The number of carbonyl (C=O) groups excluding carboxylic acids is 2. The Bertz CT molecular complexity index is 1100. The summed E-state index contributed by atoms with van der Waals surface area (Å²) in [4.78, 5) is 37.8. The van der Waals surface area contributed by atoms with Gasteiger partial charge in [-0.3, -0.25) is 19.5 Å². The van der Waals surface area contributed by atoms with Crippen LogP contribution in [0.2, 0.25) is 0 Å². The highest BCUT2D eigenvalue weighted by atomic mass is 32.2. The van der Waals surface area contributed by atoms with Gasteiger partial charge in [0, 0.05) is 31.9 Å². The highest BCUT2D eigenvalue weighted by Gasteiger charge is 2.21. The standard InChI is InChI=1S/C23H24FN5O2S/c24-17-6-8-18(9-7-17)26-21(30)15-28-10-3-11-29(13-12-28)23(31)16-32-22-14-25-19-4-1-2-5-20(19)27-22/h1-2,4-9,14H,3,10-13,15-16H2,(H,26,30). The van der Waals surface area contributed by atoms with Crippen molar-refractivity contribution >= 4 is 40.3 Å². The minimum absolute atomic E-state index is 0.0579. The van der Waals surface area contributed by atoms with Gasteiger partial charge in [0.2, 0.25) is 11.8 Å². The summed E-state index contributed by atoms with van der Waals surface area (Å²) in [5, 5.41) is 3.51. The number of halogens is 1. The molecule has 1 saturated heterocycles. The number of aromatic nitrogens is 2. The van der Waals surface area contributed by atoms with Crippen molar-refractivity contribution in [3.05, 3.63) is 60.5 Å². The summed E-state index contributed by atoms with van der Waals surface area (Å²) in [5.41, 5.74) is 2.21. The van der Waals surface area contributed by atoms with E-state index < -0.39 is 0 Å². The second-order valence-electron chi connectivity index (χ2n) is 7.55. The Morgan fingerprint density at radius 1 is 1.00 bits per heavy atom. The zero-order valence-corrected chi connectivity index (χ0v) is 18.4. The number of benzene rings is 2. The fraction of sp³-hybridized carbons (Fsp3) is 0.304. The van der Waals surface area contributed by atoms with Gasteiger partial charge in [-0.2, -0.15) is 0 Å². The number of fused-ring (bicyclic) bond motifs is 1. The van der Waals surface area contributed by atoms with E-state index in [1.807, 2.05) is 34.1 Å². The predicted octanol–water partition coefficient (Wildman–Crippen LogP) is 3.03. The number of hydrogen-bond donors (Lipinski definition) is 1. The SMILES string of the molecule is O=C(CN1CCCN(C(=O)CSc2cnc3ccccc3n2)CC1)Nc1ccc(F)cc1. The van der Waals surface area contributed by atoms with Crippen molar-refractivity contribution in [2.24, 2.45) is 0 Å². The highest BCUT2D eigenvalue weighted by molar-refractivity contribution is 7.99. The van der Waals surface area contributed by atoms with Crippen LogP contribution in [0.3, 0.4) is 0 Å². The van der Waals surface area contributed by atoms with E-state index in [2.05, 4.69) is 15.3 Å². The second-order valence-corrected chi connectivity index (χ2v) is 8.55. The smallest absolute Gasteiger partial charge is 0.238 e. The molecule has 32 heavy (non-hydrogen) atoms. The molecule has 1 aromatic heterocycles. The fourth-order valence-electron chi connectivity index (χ4n) is 3.55. The van der Waals surface area contributed by atoms with Gasteiger partial charge in [0.1, 0.15) is 10.8 Å². The Labute approximate surface area is 190 Å². The first-order valence-corrected chi connectivity index (χ1v) is 11.5. The number of anilines is 1. The van der Waals surface area contributed by atoms with Crippen LogP contribution in [0.15, 0.2) is 59.8 Å². The van der Waals surface area contributed by atoms with E-state index in [1.54, 1.807) is 6.20 Å². The van der Waals surface area contributed by atoms with E-state index in [0.717, 1.165) is 29.0 Å². The molecule has 0 spiro atoms. The number of para-hydroxylation sites is 2. The van der Waals surface area contributed by atoms with Crippen molar-refractivity contribution in [3.63, 3.8) is 0 Å². The maximum atomic E-state index is 13.0. The zero-order valence-electron chi connectivity index (χ0n) is 17.5. The summed E-state index contributed by atoms with van der Waals surface area (Å²) in [7, 11) is 0. The molecule has 0 radical (unpaired) electrons. The minimum Gasteiger partial charge on any atom is -0.341 e.